The van der Waals surface area contributed by atoms with Crippen molar-refractivity contribution in [1.82, 2.24) is 5.32 Å². The third-order valence-corrected chi connectivity index (χ3v) is 13.3. The highest BCUT2D eigenvalue weighted by Crippen LogP contribution is 2.43. The molecule has 2 N–H and O–H groups in total. The van der Waals surface area contributed by atoms with Crippen LogP contribution in [0.4, 0.5) is 0 Å². The standard InChI is InChI=1S/C57H106NO9P/c1-4-7-10-13-16-19-22-25-27-30-32-35-38-41-44-47-55(59)58-50-51-65-68(62,63)66-53-54(52-64-56(60)48-45-42-39-36-33-29-24-21-18-15-12-9-6-3)67-57(61)49-46-43-40-37-34-31-28-26-23-20-17-14-11-8-5-2/h16,19,25-28,54H,4-15,17-18,20-24,29-53H2,1-3H3,(H,58,59)(H,62,63)/b19-16-,27-25-,28-26-. The molecule has 0 aromatic carbocycles. The molecule has 0 aromatic heterocycles. The monoisotopic (exact) mass is 980 g/mol. The summed E-state index contributed by atoms with van der Waals surface area (Å²) in [5.41, 5.74) is 0. The van der Waals surface area contributed by atoms with Crippen molar-refractivity contribution in [2.75, 3.05) is 26.4 Å². The third-order valence-electron chi connectivity index (χ3n) is 12.3. The fourth-order valence-corrected chi connectivity index (χ4v) is 8.75. The lowest BCUT2D eigenvalue weighted by atomic mass is 10.0. The van der Waals surface area contributed by atoms with Gasteiger partial charge in [0.25, 0.3) is 0 Å². The second kappa shape index (κ2) is 52.6. The Kier molecular flexibility index (Phi) is 50.8. The number of amides is 1. The number of rotatable bonds is 53. The molecule has 0 radical (unpaired) electrons. The molecule has 0 heterocycles. The summed E-state index contributed by atoms with van der Waals surface area (Å²) in [5, 5.41) is 2.73. The van der Waals surface area contributed by atoms with Gasteiger partial charge in [-0.05, 0) is 77.0 Å². The van der Waals surface area contributed by atoms with E-state index in [9.17, 15) is 23.8 Å². The van der Waals surface area contributed by atoms with Crippen molar-refractivity contribution < 1.29 is 42.4 Å². The van der Waals surface area contributed by atoms with Crippen LogP contribution in [-0.2, 0) is 37.5 Å². The second-order valence-electron chi connectivity index (χ2n) is 19.1. The molecule has 10 nitrogen and oxygen atoms in total. The molecule has 0 rings (SSSR count). The summed E-state index contributed by atoms with van der Waals surface area (Å²) in [6.07, 6.45) is 56.4. The zero-order chi connectivity index (χ0) is 49.7. The van der Waals surface area contributed by atoms with Gasteiger partial charge in [0.2, 0.25) is 5.91 Å². The average molecular weight is 980 g/mol. The topological polar surface area (TPSA) is 137 Å². The van der Waals surface area contributed by atoms with Crippen molar-refractivity contribution >= 4 is 25.7 Å². The van der Waals surface area contributed by atoms with Crippen LogP contribution >= 0.6 is 7.82 Å². The molecule has 11 heteroatoms. The number of ether oxygens (including phenoxy) is 2. The van der Waals surface area contributed by atoms with E-state index < -0.39 is 32.5 Å². The predicted molar refractivity (Wildman–Crippen MR) is 285 cm³/mol. The highest BCUT2D eigenvalue weighted by molar-refractivity contribution is 7.47. The van der Waals surface area contributed by atoms with Crippen molar-refractivity contribution in [3.63, 3.8) is 0 Å². The Hall–Kier alpha value is -2.26. The van der Waals surface area contributed by atoms with Crippen LogP contribution in [0.15, 0.2) is 36.5 Å². The highest BCUT2D eigenvalue weighted by Gasteiger charge is 2.26. The molecule has 0 aliphatic rings. The van der Waals surface area contributed by atoms with Crippen LogP contribution in [0.25, 0.3) is 0 Å². The maximum absolute atomic E-state index is 12.8. The number of phosphoric acid groups is 1. The van der Waals surface area contributed by atoms with Gasteiger partial charge in [0.05, 0.1) is 13.2 Å². The molecule has 0 aliphatic heterocycles. The first kappa shape index (κ1) is 65.7. The number of carbonyl (C=O) groups excluding carboxylic acids is 3. The summed E-state index contributed by atoms with van der Waals surface area (Å²) in [5.74, 6) is -0.999. The van der Waals surface area contributed by atoms with Gasteiger partial charge in [0.1, 0.15) is 6.61 Å². The number of hydrogen-bond acceptors (Lipinski definition) is 8. The van der Waals surface area contributed by atoms with Crippen LogP contribution in [-0.4, -0.2) is 55.2 Å². The first-order valence-corrected chi connectivity index (χ1v) is 29.9. The van der Waals surface area contributed by atoms with Crippen LogP contribution in [0.2, 0.25) is 0 Å². The van der Waals surface area contributed by atoms with E-state index in [1.165, 1.54) is 135 Å². The van der Waals surface area contributed by atoms with Gasteiger partial charge >= 0.3 is 19.8 Å². The Labute approximate surface area is 418 Å². The van der Waals surface area contributed by atoms with Gasteiger partial charge in [-0.15, -0.1) is 0 Å². The smallest absolute Gasteiger partial charge is 0.462 e. The fraction of sp³-hybridized carbons (Fsp3) is 0.842. The summed E-state index contributed by atoms with van der Waals surface area (Å²) < 4.78 is 34.1. The van der Waals surface area contributed by atoms with E-state index >= 15 is 0 Å². The molecule has 0 aromatic rings. The maximum Gasteiger partial charge on any atom is 0.472 e. The molecule has 398 valence electrons. The van der Waals surface area contributed by atoms with Gasteiger partial charge < -0.3 is 19.7 Å². The van der Waals surface area contributed by atoms with Crippen molar-refractivity contribution in [3.05, 3.63) is 36.5 Å². The molecular formula is C57H106NO9P. The van der Waals surface area contributed by atoms with Gasteiger partial charge in [0, 0.05) is 25.8 Å². The molecule has 0 spiro atoms. The zero-order valence-corrected chi connectivity index (χ0v) is 45.2. The van der Waals surface area contributed by atoms with Crippen LogP contribution < -0.4 is 5.32 Å². The lowest BCUT2D eigenvalue weighted by Crippen LogP contribution is -2.30. The molecular weight excluding hydrogens is 874 g/mol. The Morgan fingerprint density at radius 2 is 0.824 bits per heavy atom. The van der Waals surface area contributed by atoms with Crippen molar-refractivity contribution in [3.8, 4) is 0 Å². The minimum atomic E-state index is -4.54. The van der Waals surface area contributed by atoms with E-state index in [4.69, 9.17) is 18.5 Å². The summed E-state index contributed by atoms with van der Waals surface area (Å²) >= 11 is 0. The van der Waals surface area contributed by atoms with E-state index in [2.05, 4.69) is 62.5 Å². The van der Waals surface area contributed by atoms with Crippen LogP contribution in [0.1, 0.15) is 278 Å². The van der Waals surface area contributed by atoms with E-state index in [1.807, 2.05) is 0 Å². The Bertz CT molecular complexity index is 1270. The molecule has 2 unspecified atom stereocenters. The fourth-order valence-electron chi connectivity index (χ4n) is 8.00. The number of hydrogen-bond donors (Lipinski definition) is 2. The molecule has 2 atom stereocenters. The van der Waals surface area contributed by atoms with E-state index in [0.29, 0.717) is 12.8 Å². The summed E-state index contributed by atoms with van der Waals surface area (Å²) in [6.45, 7) is 5.80. The first-order chi connectivity index (χ1) is 33.2. The Morgan fingerprint density at radius 3 is 1.29 bits per heavy atom. The largest absolute Gasteiger partial charge is 0.472 e. The van der Waals surface area contributed by atoms with Crippen molar-refractivity contribution in [2.45, 2.75) is 284 Å². The molecule has 0 saturated heterocycles. The number of phosphoric ester groups is 1. The van der Waals surface area contributed by atoms with Gasteiger partial charge in [0.15, 0.2) is 6.10 Å². The lowest BCUT2D eigenvalue weighted by molar-refractivity contribution is -0.161. The van der Waals surface area contributed by atoms with Crippen LogP contribution in [0.5, 0.6) is 0 Å². The maximum atomic E-state index is 12.8. The highest BCUT2D eigenvalue weighted by atomic mass is 31.2. The van der Waals surface area contributed by atoms with Crippen molar-refractivity contribution in [1.29, 1.82) is 0 Å². The number of carbonyl (C=O) groups is 3. The van der Waals surface area contributed by atoms with Gasteiger partial charge in [-0.1, -0.05) is 218 Å². The summed E-state index contributed by atoms with van der Waals surface area (Å²) in [7, 11) is -4.54. The zero-order valence-electron chi connectivity index (χ0n) is 44.3. The molecule has 0 aliphatic carbocycles. The third kappa shape index (κ3) is 51.6. The molecule has 68 heavy (non-hydrogen) atoms. The number of esters is 2. The van der Waals surface area contributed by atoms with Gasteiger partial charge in [-0.25, -0.2) is 4.57 Å². The van der Waals surface area contributed by atoms with Gasteiger partial charge in [-0.2, -0.15) is 0 Å². The normalized spacial score (nSPS) is 13.2. The van der Waals surface area contributed by atoms with E-state index in [-0.39, 0.29) is 38.5 Å². The van der Waals surface area contributed by atoms with Crippen LogP contribution in [0.3, 0.4) is 0 Å². The molecule has 0 fully saturated rings. The first-order valence-electron chi connectivity index (χ1n) is 28.4. The molecule has 0 saturated carbocycles. The Morgan fingerprint density at radius 1 is 0.456 bits per heavy atom. The quantitative estimate of drug-likeness (QED) is 0.0264. The Balaban J connectivity index is 4.52. The molecule has 0 bridgehead atoms. The average Bonchev–Trinajstić information content (AvgIpc) is 3.32. The number of nitrogens with one attached hydrogen (secondary N) is 1. The van der Waals surface area contributed by atoms with Crippen LogP contribution in [0, 0.1) is 0 Å². The minimum absolute atomic E-state index is 0.0538. The lowest BCUT2D eigenvalue weighted by Gasteiger charge is -2.20. The van der Waals surface area contributed by atoms with E-state index in [0.717, 1.165) is 96.3 Å². The van der Waals surface area contributed by atoms with Gasteiger partial charge in [-0.3, -0.25) is 23.4 Å². The number of unbranched alkanes of at least 4 members (excludes halogenated alkanes) is 31. The molecule has 1 amide bonds. The summed E-state index contributed by atoms with van der Waals surface area (Å²) in [4.78, 5) is 48.1. The second-order valence-corrected chi connectivity index (χ2v) is 20.5. The number of allylic oxidation sites excluding steroid dienone is 6. The van der Waals surface area contributed by atoms with Crippen molar-refractivity contribution in [2.24, 2.45) is 0 Å². The van der Waals surface area contributed by atoms with E-state index in [1.54, 1.807) is 0 Å². The predicted octanol–water partition coefficient (Wildman–Crippen LogP) is 17.0. The summed E-state index contributed by atoms with van der Waals surface area (Å²) in [6, 6.07) is 0. The SMILES string of the molecule is CCCCC/C=C\C/C=C\CCCCCCCC(=O)NCCOP(=O)(O)OCC(COC(=O)CCCCCCCCCCCCCCC)OC(=O)CCCCCCC/C=C\CCCCCCCC. The minimum Gasteiger partial charge on any atom is -0.462 e.